The third-order valence-electron chi connectivity index (χ3n) is 3.66. The average molecular weight is 349 g/mol. The molecule has 0 heterocycles. The summed E-state index contributed by atoms with van der Waals surface area (Å²) in [7, 11) is 1.56. The molecule has 5 nitrogen and oxygen atoms in total. The van der Waals surface area contributed by atoms with Crippen LogP contribution < -0.4 is 10.6 Å². The number of anilines is 1. The first-order valence-electron chi connectivity index (χ1n) is 7.57. The van der Waals surface area contributed by atoms with Crippen LogP contribution in [0.5, 0.6) is 0 Å². The maximum absolute atomic E-state index is 12.1. The van der Waals surface area contributed by atoms with Gasteiger partial charge in [0.25, 0.3) is 0 Å². The predicted molar refractivity (Wildman–Crippen MR) is 95.3 cm³/mol. The van der Waals surface area contributed by atoms with E-state index in [-0.39, 0.29) is 6.54 Å². The predicted octanol–water partition coefficient (Wildman–Crippen LogP) is 3.65. The lowest BCUT2D eigenvalue weighted by Crippen LogP contribution is -2.32. The highest BCUT2D eigenvalue weighted by Gasteiger charge is 2.13. The number of amides is 2. The minimum Gasteiger partial charge on any atom is -0.387 e. The molecule has 0 saturated heterocycles. The van der Waals surface area contributed by atoms with Crippen LogP contribution in [0, 0.1) is 6.92 Å². The Bertz CT molecular complexity index is 706. The molecular formula is C18H21ClN2O3. The summed E-state index contributed by atoms with van der Waals surface area (Å²) in [4.78, 5) is 12.1. The van der Waals surface area contributed by atoms with E-state index in [1.165, 1.54) is 0 Å². The molecule has 0 radical (unpaired) electrons. The van der Waals surface area contributed by atoms with Crippen LogP contribution in [-0.2, 0) is 11.3 Å². The van der Waals surface area contributed by atoms with Crippen molar-refractivity contribution in [2.24, 2.45) is 0 Å². The van der Waals surface area contributed by atoms with E-state index in [9.17, 15) is 9.90 Å². The number of aliphatic hydroxyl groups is 1. The molecule has 6 heteroatoms. The first-order valence-corrected chi connectivity index (χ1v) is 7.95. The number of nitrogens with one attached hydrogen (secondary N) is 2. The van der Waals surface area contributed by atoms with E-state index in [2.05, 4.69) is 10.6 Å². The van der Waals surface area contributed by atoms with Crippen molar-refractivity contribution in [1.82, 2.24) is 5.32 Å². The highest BCUT2D eigenvalue weighted by atomic mass is 35.5. The Kier molecular flexibility index (Phi) is 6.61. The van der Waals surface area contributed by atoms with Gasteiger partial charge in [-0.2, -0.15) is 0 Å². The number of ether oxygens (including phenoxy) is 1. The van der Waals surface area contributed by atoms with E-state index in [1.54, 1.807) is 25.3 Å². The average Bonchev–Trinajstić information content (AvgIpc) is 2.56. The molecule has 0 aliphatic rings. The number of benzene rings is 2. The van der Waals surface area contributed by atoms with Crippen molar-refractivity contribution in [1.29, 1.82) is 0 Å². The van der Waals surface area contributed by atoms with Gasteiger partial charge in [0.15, 0.2) is 0 Å². The molecule has 2 aromatic rings. The van der Waals surface area contributed by atoms with Gasteiger partial charge in [-0.1, -0.05) is 41.9 Å². The van der Waals surface area contributed by atoms with Gasteiger partial charge in [0.1, 0.15) is 0 Å². The van der Waals surface area contributed by atoms with Crippen LogP contribution in [0.2, 0.25) is 5.02 Å². The topological polar surface area (TPSA) is 70.6 Å². The fourth-order valence-electron chi connectivity index (χ4n) is 2.39. The fourth-order valence-corrected chi connectivity index (χ4v) is 2.62. The van der Waals surface area contributed by atoms with Gasteiger partial charge < -0.3 is 20.5 Å². The third-order valence-corrected chi connectivity index (χ3v) is 4.01. The SMILES string of the molecule is COCc1c(Cl)cccc1NC(=O)NCC(O)c1ccccc1C. The lowest BCUT2D eigenvalue weighted by Gasteiger charge is -2.16. The molecule has 3 N–H and O–H groups in total. The zero-order valence-corrected chi connectivity index (χ0v) is 14.4. The highest BCUT2D eigenvalue weighted by molar-refractivity contribution is 6.31. The normalized spacial score (nSPS) is 11.8. The summed E-state index contributed by atoms with van der Waals surface area (Å²) in [6.45, 7) is 2.32. The molecule has 0 aliphatic carbocycles. The van der Waals surface area contributed by atoms with Crippen molar-refractivity contribution in [3.8, 4) is 0 Å². The molecule has 2 aromatic carbocycles. The number of methoxy groups -OCH3 is 1. The summed E-state index contributed by atoms with van der Waals surface area (Å²) in [6, 6.07) is 12.3. The Morgan fingerprint density at radius 3 is 2.71 bits per heavy atom. The van der Waals surface area contributed by atoms with E-state index < -0.39 is 12.1 Å². The summed E-state index contributed by atoms with van der Waals surface area (Å²) >= 11 is 6.12. The number of aryl methyl sites for hydroxylation is 1. The summed E-state index contributed by atoms with van der Waals surface area (Å²) in [5.74, 6) is 0. The van der Waals surface area contributed by atoms with Crippen molar-refractivity contribution in [3.05, 3.63) is 64.2 Å². The maximum atomic E-state index is 12.1. The Labute approximate surface area is 146 Å². The van der Waals surface area contributed by atoms with E-state index in [0.717, 1.165) is 11.1 Å². The quantitative estimate of drug-likeness (QED) is 0.746. The van der Waals surface area contributed by atoms with Crippen molar-refractivity contribution < 1.29 is 14.6 Å². The lowest BCUT2D eigenvalue weighted by molar-refractivity contribution is 0.174. The summed E-state index contributed by atoms with van der Waals surface area (Å²) < 4.78 is 5.10. The number of hydrogen-bond donors (Lipinski definition) is 3. The number of rotatable bonds is 6. The van der Waals surface area contributed by atoms with E-state index in [4.69, 9.17) is 16.3 Å². The van der Waals surface area contributed by atoms with Crippen LogP contribution in [0.15, 0.2) is 42.5 Å². The second kappa shape index (κ2) is 8.68. The molecule has 0 aliphatic heterocycles. The Morgan fingerprint density at radius 2 is 2.00 bits per heavy atom. The van der Waals surface area contributed by atoms with Gasteiger partial charge in [0.2, 0.25) is 0 Å². The van der Waals surface area contributed by atoms with Crippen molar-refractivity contribution in [3.63, 3.8) is 0 Å². The van der Waals surface area contributed by atoms with Crippen molar-refractivity contribution in [2.45, 2.75) is 19.6 Å². The lowest BCUT2D eigenvalue weighted by atomic mass is 10.0. The highest BCUT2D eigenvalue weighted by Crippen LogP contribution is 2.25. The molecule has 2 rings (SSSR count). The van der Waals surface area contributed by atoms with Gasteiger partial charge in [-0.3, -0.25) is 0 Å². The molecule has 0 aromatic heterocycles. The first-order chi connectivity index (χ1) is 11.5. The number of hydrogen-bond acceptors (Lipinski definition) is 3. The number of urea groups is 1. The van der Waals surface area contributed by atoms with Gasteiger partial charge in [-0.15, -0.1) is 0 Å². The molecule has 2 amide bonds. The Morgan fingerprint density at radius 1 is 1.25 bits per heavy atom. The van der Waals surface area contributed by atoms with Crippen molar-refractivity contribution in [2.75, 3.05) is 19.0 Å². The molecule has 0 spiro atoms. The molecule has 0 fully saturated rings. The molecule has 128 valence electrons. The van der Waals surface area contributed by atoms with Crippen LogP contribution in [-0.4, -0.2) is 24.8 Å². The zero-order valence-electron chi connectivity index (χ0n) is 13.7. The molecule has 1 unspecified atom stereocenters. The van der Waals surface area contributed by atoms with Gasteiger partial charge in [-0.25, -0.2) is 4.79 Å². The van der Waals surface area contributed by atoms with Crippen LogP contribution in [0.1, 0.15) is 22.8 Å². The number of aliphatic hydroxyl groups excluding tert-OH is 1. The van der Waals surface area contributed by atoms with Gasteiger partial charge in [-0.05, 0) is 30.2 Å². The number of halogens is 1. The minimum atomic E-state index is -0.769. The third kappa shape index (κ3) is 4.71. The van der Waals surface area contributed by atoms with Crippen molar-refractivity contribution >= 4 is 23.3 Å². The first kappa shape index (κ1) is 18.3. The Hall–Kier alpha value is -2.08. The fraction of sp³-hybridized carbons (Fsp3) is 0.278. The van der Waals surface area contributed by atoms with E-state index in [0.29, 0.717) is 22.9 Å². The maximum Gasteiger partial charge on any atom is 0.319 e. The summed E-state index contributed by atoms with van der Waals surface area (Å²) in [5.41, 5.74) is 3.05. The number of carbonyl (C=O) groups excluding carboxylic acids is 1. The molecule has 24 heavy (non-hydrogen) atoms. The van der Waals surface area contributed by atoms with E-state index >= 15 is 0 Å². The van der Waals surface area contributed by atoms with Gasteiger partial charge in [0, 0.05) is 29.9 Å². The number of carbonyl (C=O) groups is 1. The Balaban J connectivity index is 1.97. The van der Waals surface area contributed by atoms with Crippen LogP contribution >= 0.6 is 11.6 Å². The smallest absolute Gasteiger partial charge is 0.319 e. The second-order valence-corrected chi connectivity index (χ2v) is 5.81. The molecule has 1 atom stereocenters. The summed E-state index contributed by atoms with van der Waals surface area (Å²) in [6.07, 6.45) is -0.769. The largest absolute Gasteiger partial charge is 0.387 e. The van der Waals surface area contributed by atoms with Crippen LogP contribution in [0.25, 0.3) is 0 Å². The van der Waals surface area contributed by atoms with Gasteiger partial charge in [0.05, 0.1) is 12.7 Å². The zero-order chi connectivity index (χ0) is 17.5. The van der Waals surface area contributed by atoms with E-state index in [1.807, 2.05) is 31.2 Å². The monoisotopic (exact) mass is 348 g/mol. The summed E-state index contributed by atoms with van der Waals surface area (Å²) in [5, 5.41) is 16.1. The minimum absolute atomic E-state index is 0.108. The van der Waals surface area contributed by atoms with Crippen LogP contribution in [0.4, 0.5) is 10.5 Å². The standard InChI is InChI=1S/C18H21ClN2O3/c1-12-6-3-4-7-13(12)17(22)10-20-18(23)21-16-9-5-8-15(19)14(16)11-24-2/h3-9,17,22H,10-11H2,1-2H3,(H2,20,21,23). The molecule has 0 bridgehead atoms. The van der Waals surface area contributed by atoms with Crippen LogP contribution in [0.3, 0.4) is 0 Å². The second-order valence-electron chi connectivity index (χ2n) is 5.41. The van der Waals surface area contributed by atoms with Gasteiger partial charge >= 0.3 is 6.03 Å². The molecular weight excluding hydrogens is 328 g/mol. The molecule has 0 saturated carbocycles.